The lowest BCUT2D eigenvalue weighted by Gasteiger charge is -2.40. The molecule has 5 nitrogen and oxygen atoms in total. The summed E-state index contributed by atoms with van der Waals surface area (Å²) >= 11 is 0. The summed E-state index contributed by atoms with van der Waals surface area (Å²) in [5, 5.41) is 0. The highest BCUT2D eigenvalue weighted by Gasteiger charge is 2.43. The second-order valence-corrected chi connectivity index (χ2v) is 7.11. The van der Waals surface area contributed by atoms with E-state index in [4.69, 9.17) is 9.47 Å². The van der Waals surface area contributed by atoms with E-state index in [1.807, 2.05) is 25.9 Å². The highest BCUT2D eigenvalue weighted by molar-refractivity contribution is 5.82. The molecule has 0 spiro atoms. The Hall–Kier alpha value is -1.75. The summed E-state index contributed by atoms with van der Waals surface area (Å²) < 4.78 is 10.9. The highest BCUT2D eigenvalue weighted by Crippen LogP contribution is 2.49. The Kier molecular flexibility index (Phi) is 4.72. The zero-order valence-corrected chi connectivity index (χ0v) is 15.3. The molecule has 2 atom stereocenters. The van der Waals surface area contributed by atoms with Crippen LogP contribution < -0.4 is 9.47 Å². The molecule has 1 aliphatic carbocycles. The summed E-state index contributed by atoms with van der Waals surface area (Å²) in [7, 11) is 7.25. The van der Waals surface area contributed by atoms with Gasteiger partial charge in [-0.25, -0.2) is 0 Å². The van der Waals surface area contributed by atoms with Crippen LogP contribution in [0.4, 0.5) is 0 Å². The molecule has 3 rings (SSSR count). The second-order valence-electron chi connectivity index (χ2n) is 7.11. The van der Waals surface area contributed by atoms with Crippen LogP contribution in [-0.4, -0.2) is 56.6 Å². The van der Waals surface area contributed by atoms with Gasteiger partial charge in [-0.3, -0.25) is 9.69 Å². The Labute approximate surface area is 144 Å². The third kappa shape index (κ3) is 2.97. The number of carbonyl (C=O) groups excluding carboxylic acids is 1. The van der Waals surface area contributed by atoms with Gasteiger partial charge in [-0.2, -0.15) is 0 Å². The quantitative estimate of drug-likeness (QED) is 0.831. The van der Waals surface area contributed by atoms with Crippen molar-refractivity contribution in [2.75, 3.05) is 34.9 Å². The van der Waals surface area contributed by atoms with Crippen LogP contribution in [0.15, 0.2) is 12.1 Å². The van der Waals surface area contributed by atoms with Crippen molar-refractivity contribution >= 4 is 5.91 Å². The van der Waals surface area contributed by atoms with Gasteiger partial charge in [0.2, 0.25) is 5.91 Å². The maximum atomic E-state index is 13.0. The van der Waals surface area contributed by atoms with Crippen LogP contribution in [0.25, 0.3) is 0 Å². The molecule has 132 valence electrons. The van der Waals surface area contributed by atoms with Crippen LogP contribution in [0.3, 0.4) is 0 Å². The van der Waals surface area contributed by atoms with E-state index in [-0.39, 0.29) is 18.0 Å². The van der Waals surface area contributed by atoms with Crippen molar-refractivity contribution in [1.29, 1.82) is 0 Å². The van der Waals surface area contributed by atoms with Gasteiger partial charge in [-0.15, -0.1) is 0 Å². The van der Waals surface area contributed by atoms with E-state index in [0.29, 0.717) is 5.92 Å². The third-order valence-corrected chi connectivity index (χ3v) is 5.41. The minimum atomic E-state index is -0.104. The predicted octanol–water partition coefficient (Wildman–Crippen LogP) is 2.49. The van der Waals surface area contributed by atoms with Crippen LogP contribution in [0.1, 0.15) is 36.9 Å². The fourth-order valence-electron chi connectivity index (χ4n) is 3.61. The molecular formula is C19H28N2O3. The topological polar surface area (TPSA) is 42.0 Å². The number of fused-ring (bicyclic) bond motifs is 1. The largest absolute Gasteiger partial charge is 0.493 e. The Bertz CT molecular complexity index is 625. The molecule has 1 fully saturated rings. The van der Waals surface area contributed by atoms with E-state index in [0.717, 1.165) is 24.5 Å². The number of carbonyl (C=O) groups is 1. The van der Waals surface area contributed by atoms with Gasteiger partial charge < -0.3 is 14.4 Å². The van der Waals surface area contributed by atoms with Gasteiger partial charge in [-0.1, -0.05) is 0 Å². The molecule has 1 aromatic carbocycles. The number of hydrogen-bond donors (Lipinski definition) is 0. The Morgan fingerprint density at radius 1 is 1.21 bits per heavy atom. The zero-order chi connectivity index (χ0) is 17.4. The molecule has 1 heterocycles. The first-order chi connectivity index (χ1) is 11.5. The molecule has 0 radical (unpaired) electrons. The molecule has 0 N–H and O–H groups in total. The molecule has 0 saturated heterocycles. The lowest BCUT2D eigenvalue weighted by atomic mass is 9.88. The van der Waals surface area contributed by atoms with E-state index in [1.54, 1.807) is 14.2 Å². The van der Waals surface area contributed by atoms with Crippen molar-refractivity contribution < 1.29 is 14.3 Å². The van der Waals surface area contributed by atoms with Gasteiger partial charge in [-0.05, 0) is 69.5 Å². The first-order valence-corrected chi connectivity index (χ1v) is 8.69. The summed E-state index contributed by atoms with van der Waals surface area (Å²) in [4.78, 5) is 17.1. The second kappa shape index (κ2) is 6.63. The van der Waals surface area contributed by atoms with E-state index >= 15 is 0 Å². The number of hydrogen-bond acceptors (Lipinski definition) is 4. The summed E-state index contributed by atoms with van der Waals surface area (Å²) in [5.74, 6) is 2.31. The number of benzene rings is 1. The number of nitrogens with zero attached hydrogens (tertiary/aromatic N) is 2. The molecule has 5 heteroatoms. The lowest BCUT2D eigenvalue weighted by Crippen LogP contribution is -2.49. The van der Waals surface area contributed by atoms with E-state index in [1.165, 1.54) is 24.0 Å². The van der Waals surface area contributed by atoms with Gasteiger partial charge in [0.25, 0.3) is 0 Å². The Balaban J connectivity index is 1.98. The number of ether oxygens (including phenoxy) is 2. The molecule has 24 heavy (non-hydrogen) atoms. The first kappa shape index (κ1) is 17.1. The van der Waals surface area contributed by atoms with Crippen molar-refractivity contribution in [1.82, 2.24) is 9.80 Å². The average molecular weight is 332 g/mol. The normalized spacial score (nSPS) is 21.4. The molecule has 1 amide bonds. The van der Waals surface area contributed by atoms with Crippen LogP contribution >= 0.6 is 0 Å². The molecular weight excluding hydrogens is 304 g/mol. The minimum Gasteiger partial charge on any atom is -0.493 e. The molecule has 2 aliphatic rings. The van der Waals surface area contributed by atoms with Crippen molar-refractivity contribution in [2.24, 2.45) is 5.92 Å². The molecule has 1 saturated carbocycles. The summed E-state index contributed by atoms with van der Waals surface area (Å²) in [6.45, 7) is 2.76. The SMILES string of the molecule is COc1cc2c(cc1OC)C(C1CC1)N(C(=O)[C@@H](C)N(C)C)CC2. The fraction of sp³-hybridized carbons (Fsp3) is 0.632. The summed E-state index contributed by atoms with van der Waals surface area (Å²) in [6, 6.07) is 4.23. The zero-order valence-electron chi connectivity index (χ0n) is 15.3. The van der Waals surface area contributed by atoms with Gasteiger partial charge in [0, 0.05) is 6.54 Å². The maximum Gasteiger partial charge on any atom is 0.240 e. The third-order valence-electron chi connectivity index (χ3n) is 5.41. The van der Waals surface area contributed by atoms with Crippen molar-refractivity contribution in [2.45, 2.75) is 38.3 Å². The van der Waals surface area contributed by atoms with Gasteiger partial charge in [0.05, 0.1) is 26.3 Å². The van der Waals surface area contributed by atoms with Crippen molar-refractivity contribution in [3.05, 3.63) is 23.3 Å². The molecule has 0 bridgehead atoms. The van der Waals surface area contributed by atoms with Gasteiger partial charge >= 0.3 is 0 Å². The maximum absolute atomic E-state index is 13.0. The van der Waals surface area contributed by atoms with E-state index < -0.39 is 0 Å². The fourth-order valence-corrected chi connectivity index (χ4v) is 3.61. The first-order valence-electron chi connectivity index (χ1n) is 8.69. The average Bonchev–Trinajstić information content (AvgIpc) is 3.42. The van der Waals surface area contributed by atoms with Gasteiger partial charge in [0.15, 0.2) is 11.5 Å². The molecule has 1 unspecified atom stereocenters. The minimum absolute atomic E-state index is 0.104. The standard InChI is InChI=1S/C19H28N2O3/c1-12(20(2)3)19(22)21-9-8-14-10-16(23-4)17(24-5)11-15(14)18(21)13-6-7-13/h10-13,18H,6-9H2,1-5H3/t12-,18?/m1/s1. The van der Waals surface area contributed by atoms with Gasteiger partial charge in [0.1, 0.15) is 0 Å². The van der Waals surface area contributed by atoms with Crippen LogP contribution in [0.2, 0.25) is 0 Å². The van der Waals surface area contributed by atoms with Crippen LogP contribution in [0, 0.1) is 5.92 Å². The number of rotatable bonds is 5. The van der Waals surface area contributed by atoms with E-state index in [2.05, 4.69) is 17.0 Å². The number of methoxy groups -OCH3 is 2. The smallest absolute Gasteiger partial charge is 0.240 e. The predicted molar refractivity (Wildman–Crippen MR) is 93.6 cm³/mol. The molecule has 1 aromatic rings. The van der Waals surface area contributed by atoms with E-state index in [9.17, 15) is 4.79 Å². The lowest BCUT2D eigenvalue weighted by molar-refractivity contribution is -0.139. The van der Waals surface area contributed by atoms with Crippen LogP contribution in [0.5, 0.6) is 11.5 Å². The summed E-state index contributed by atoms with van der Waals surface area (Å²) in [6.07, 6.45) is 3.25. The molecule has 0 aromatic heterocycles. The van der Waals surface area contributed by atoms with Crippen molar-refractivity contribution in [3.63, 3.8) is 0 Å². The highest BCUT2D eigenvalue weighted by atomic mass is 16.5. The monoisotopic (exact) mass is 332 g/mol. The number of amides is 1. The Morgan fingerprint density at radius 3 is 2.38 bits per heavy atom. The summed E-state index contributed by atoms with van der Waals surface area (Å²) in [5.41, 5.74) is 2.52. The van der Waals surface area contributed by atoms with Crippen molar-refractivity contribution in [3.8, 4) is 11.5 Å². The van der Waals surface area contributed by atoms with Crippen LogP contribution in [-0.2, 0) is 11.2 Å². The Morgan fingerprint density at radius 2 is 1.83 bits per heavy atom. The number of likely N-dealkylation sites (N-methyl/N-ethyl adjacent to an activating group) is 1. The molecule has 1 aliphatic heterocycles.